The van der Waals surface area contributed by atoms with Gasteiger partial charge in [-0.05, 0) is 105 Å². The van der Waals surface area contributed by atoms with E-state index in [-0.39, 0.29) is 0 Å². The van der Waals surface area contributed by atoms with Crippen LogP contribution in [0.5, 0.6) is 0 Å². The Hall–Kier alpha value is -7.16. The molecule has 12 rings (SSSR count). The average molecular weight is 683 g/mol. The van der Waals surface area contributed by atoms with Gasteiger partial charge < -0.3 is 0 Å². The monoisotopic (exact) mass is 682 g/mol. The highest BCUT2D eigenvalue weighted by Gasteiger charge is 2.21. The van der Waals surface area contributed by atoms with Crippen LogP contribution in [-0.2, 0) is 0 Å². The van der Waals surface area contributed by atoms with Crippen LogP contribution in [0.1, 0.15) is 0 Å². The molecule has 0 spiro atoms. The molecule has 0 bridgehead atoms. The second-order valence-corrected chi connectivity index (χ2v) is 14.4. The summed E-state index contributed by atoms with van der Waals surface area (Å²) in [6.45, 7) is 0. The van der Waals surface area contributed by atoms with E-state index in [1.54, 1.807) is 0 Å². The quantitative estimate of drug-likeness (QED) is 0.134. The SMILES string of the molecule is c1cnc2c(c1)ccc1ccc(-c3c4ccccc4c(-c4cc5cccc6c7ccccc7c7ccccc7c7cccc4c7c56)c4ccccc34)nc12. The highest BCUT2D eigenvalue weighted by atomic mass is 14.8. The van der Waals surface area contributed by atoms with Crippen LogP contribution in [0.4, 0.5) is 0 Å². The van der Waals surface area contributed by atoms with E-state index in [0.29, 0.717) is 0 Å². The number of aromatic nitrogens is 2. The Morgan fingerprint density at radius 3 is 1.41 bits per heavy atom. The normalized spacial score (nSPS) is 12.1. The predicted octanol–water partition coefficient (Wildman–Crippen LogP) is 14.2. The first-order chi connectivity index (χ1) is 26.8. The minimum atomic E-state index is 0.926. The highest BCUT2D eigenvalue weighted by Crippen LogP contribution is 2.49. The second-order valence-electron chi connectivity index (χ2n) is 14.4. The first-order valence-electron chi connectivity index (χ1n) is 18.6. The smallest absolute Gasteiger partial charge is 0.0972 e. The third-order valence-electron chi connectivity index (χ3n) is 11.6. The van der Waals surface area contributed by atoms with Crippen molar-refractivity contribution in [3.63, 3.8) is 0 Å². The molecule has 54 heavy (non-hydrogen) atoms. The van der Waals surface area contributed by atoms with Gasteiger partial charge in [-0.1, -0.05) is 158 Å². The molecule has 0 fully saturated rings. The van der Waals surface area contributed by atoms with E-state index >= 15 is 0 Å². The van der Waals surface area contributed by atoms with Gasteiger partial charge in [-0.2, -0.15) is 0 Å². The molecule has 2 nitrogen and oxygen atoms in total. The van der Waals surface area contributed by atoms with Crippen molar-refractivity contribution >= 4 is 97.2 Å². The average Bonchev–Trinajstić information content (AvgIpc) is 3.24. The lowest BCUT2D eigenvalue weighted by Crippen LogP contribution is -1.95. The van der Waals surface area contributed by atoms with Gasteiger partial charge in [0.1, 0.15) is 0 Å². The van der Waals surface area contributed by atoms with Gasteiger partial charge in [0.2, 0.25) is 0 Å². The molecule has 0 atom stereocenters. The molecule has 10 aromatic carbocycles. The van der Waals surface area contributed by atoms with Crippen LogP contribution in [-0.4, -0.2) is 9.97 Å². The highest BCUT2D eigenvalue weighted by molar-refractivity contribution is 6.36. The van der Waals surface area contributed by atoms with Gasteiger partial charge in [0.15, 0.2) is 0 Å². The summed E-state index contributed by atoms with van der Waals surface area (Å²) in [7, 11) is 0. The zero-order valence-corrected chi connectivity index (χ0v) is 29.2. The van der Waals surface area contributed by atoms with E-state index in [1.165, 1.54) is 86.5 Å². The fraction of sp³-hybridized carbons (Fsp3) is 0. The Morgan fingerprint density at radius 2 is 0.759 bits per heavy atom. The Labute approximate surface area is 310 Å². The molecule has 0 aliphatic rings. The van der Waals surface area contributed by atoms with Gasteiger partial charge >= 0.3 is 0 Å². The summed E-state index contributed by atoms with van der Waals surface area (Å²) in [6.07, 6.45) is 1.86. The molecule has 0 saturated carbocycles. The van der Waals surface area contributed by atoms with Gasteiger partial charge in [0, 0.05) is 22.5 Å². The lowest BCUT2D eigenvalue weighted by molar-refractivity contribution is 1.38. The van der Waals surface area contributed by atoms with E-state index in [1.807, 2.05) is 12.3 Å². The van der Waals surface area contributed by atoms with Crippen LogP contribution in [0.3, 0.4) is 0 Å². The molecule has 0 unspecified atom stereocenters. The van der Waals surface area contributed by atoms with Crippen LogP contribution in [0.25, 0.3) is 120 Å². The number of hydrogen-bond acceptors (Lipinski definition) is 2. The summed E-state index contributed by atoms with van der Waals surface area (Å²) < 4.78 is 0. The summed E-state index contributed by atoms with van der Waals surface area (Å²) in [6, 6.07) is 64.5. The first kappa shape index (κ1) is 29.4. The Bertz CT molecular complexity index is 3510. The fourth-order valence-electron chi connectivity index (χ4n) is 9.37. The van der Waals surface area contributed by atoms with Gasteiger partial charge in [-0.15, -0.1) is 0 Å². The summed E-state index contributed by atoms with van der Waals surface area (Å²) in [5.41, 5.74) is 6.44. The maximum Gasteiger partial charge on any atom is 0.0972 e. The molecule has 0 aliphatic carbocycles. The van der Waals surface area contributed by atoms with Crippen molar-refractivity contribution in [1.29, 1.82) is 0 Å². The Balaban J connectivity index is 1.26. The standard InChI is InChI=1S/C52H30N2/c1-3-16-36-34(14-1)35-15-2-4-17-37(35)39-23-10-24-44-45(30-33-12-9-22-38(36)47(33)50(39)44)48-40-18-5-7-20-42(40)49(43-21-8-6-19-41(43)48)46-28-27-32-26-25-31-13-11-29-53-51(31)52(32)54-46/h1-30H. The maximum atomic E-state index is 5.39. The molecule has 2 heterocycles. The van der Waals surface area contributed by atoms with Crippen LogP contribution in [0, 0.1) is 0 Å². The van der Waals surface area contributed by atoms with Crippen LogP contribution < -0.4 is 0 Å². The molecular weight excluding hydrogens is 653 g/mol. The molecule has 0 radical (unpaired) electrons. The first-order valence-corrected chi connectivity index (χ1v) is 18.6. The lowest BCUT2D eigenvalue weighted by Gasteiger charge is -2.20. The van der Waals surface area contributed by atoms with E-state index in [4.69, 9.17) is 9.97 Å². The number of rotatable bonds is 2. The molecule has 2 heteroatoms. The topological polar surface area (TPSA) is 25.8 Å². The lowest BCUT2D eigenvalue weighted by atomic mass is 9.83. The van der Waals surface area contributed by atoms with E-state index in [2.05, 4.69) is 170 Å². The van der Waals surface area contributed by atoms with Crippen molar-refractivity contribution in [2.75, 3.05) is 0 Å². The van der Waals surface area contributed by atoms with E-state index < -0.39 is 0 Å². The molecule has 0 aliphatic heterocycles. The Kier molecular flexibility index (Phi) is 6.09. The minimum absolute atomic E-state index is 0.926. The van der Waals surface area contributed by atoms with Crippen LogP contribution in [0.15, 0.2) is 182 Å². The molecule has 248 valence electrons. The third-order valence-corrected chi connectivity index (χ3v) is 11.6. The van der Waals surface area contributed by atoms with Gasteiger partial charge in [-0.3, -0.25) is 4.98 Å². The summed E-state index contributed by atoms with van der Waals surface area (Å²) in [5, 5.41) is 19.7. The third kappa shape index (κ3) is 4.05. The van der Waals surface area contributed by atoms with Crippen molar-refractivity contribution in [3.05, 3.63) is 182 Å². The molecule has 12 aromatic rings. The number of nitrogens with zero attached hydrogens (tertiary/aromatic N) is 2. The number of fused-ring (bicyclic) bond motifs is 10. The van der Waals surface area contributed by atoms with Crippen molar-refractivity contribution in [2.24, 2.45) is 0 Å². The zero-order valence-electron chi connectivity index (χ0n) is 29.2. The van der Waals surface area contributed by atoms with Crippen molar-refractivity contribution in [1.82, 2.24) is 9.97 Å². The van der Waals surface area contributed by atoms with Crippen LogP contribution >= 0.6 is 0 Å². The molecule has 2 aromatic heterocycles. The van der Waals surface area contributed by atoms with Crippen molar-refractivity contribution in [3.8, 4) is 22.4 Å². The van der Waals surface area contributed by atoms with Gasteiger partial charge in [-0.25, -0.2) is 4.98 Å². The number of hydrogen-bond donors (Lipinski definition) is 0. The summed E-state index contributed by atoms with van der Waals surface area (Å²) in [4.78, 5) is 10.2. The largest absolute Gasteiger partial charge is 0.254 e. The van der Waals surface area contributed by atoms with Gasteiger partial charge in [0.05, 0.1) is 16.7 Å². The van der Waals surface area contributed by atoms with Crippen molar-refractivity contribution in [2.45, 2.75) is 0 Å². The van der Waals surface area contributed by atoms with E-state index in [9.17, 15) is 0 Å². The molecular formula is C52H30N2. The zero-order chi connectivity index (χ0) is 35.3. The Morgan fingerprint density at radius 1 is 0.296 bits per heavy atom. The summed E-state index contributed by atoms with van der Waals surface area (Å²) >= 11 is 0. The fourth-order valence-corrected chi connectivity index (χ4v) is 9.37. The van der Waals surface area contributed by atoms with Crippen molar-refractivity contribution < 1.29 is 0 Å². The second kappa shape index (κ2) is 11.2. The predicted molar refractivity (Wildman–Crippen MR) is 230 cm³/mol. The minimum Gasteiger partial charge on any atom is -0.254 e. The maximum absolute atomic E-state index is 5.39. The molecule has 0 amide bonds. The molecule has 0 N–H and O–H groups in total. The van der Waals surface area contributed by atoms with E-state index in [0.717, 1.165) is 33.1 Å². The number of pyridine rings is 2. The van der Waals surface area contributed by atoms with Gasteiger partial charge in [0.25, 0.3) is 0 Å². The summed E-state index contributed by atoms with van der Waals surface area (Å²) in [5.74, 6) is 0. The number of benzene rings is 9. The van der Waals surface area contributed by atoms with Crippen LogP contribution in [0.2, 0.25) is 0 Å². The molecule has 0 saturated heterocycles.